The Bertz CT molecular complexity index is 3000. The summed E-state index contributed by atoms with van der Waals surface area (Å²) in [4.78, 5) is 56.7. The van der Waals surface area contributed by atoms with Crippen molar-refractivity contribution in [3.63, 3.8) is 0 Å². The van der Waals surface area contributed by atoms with Crippen molar-refractivity contribution in [2.45, 2.75) is 81.2 Å². The normalized spacial score (nSPS) is 25.3. The maximum absolute atomic E-state index is 14.4. The van der Waals surface area contributed by atoms with E-state index in [2.05, 4.69) is 0 Å². The van der Waals surface area contributed by atoms with Gasteiger partial charge in [-0.15, -0.1) is 0 Å². The summed E-state index contributed by atoms with van der Waals surface area (Å²) in [5.41, 5.74) is 2.23. The van der Waals surface area contributed by atoms with Crippen molar-refractivity contribution in [3.05, 3.63) is 228 Å². The van der Waals surface area contributed by atoms with Crippen LogP contribution in [0.1, 0.15) is 65.8 Å². The zero-order valence-electron chi connectivity index (χ0n) is 40.8. The highest BCUT2D eigenvalue weighted by atomic mass is 16.8. The molecule has 3 aliphatic heterocycles. The zero-order valence-corrected chi connectivity index (χ0v) is 40.8. The lowest BCUT2D eigenvalue weighted by Crippen LogP contribution is -2.67. The Morgan fingerprint density at radius 1 is 0.480 bits per heavy atom. The summed E-state index contributed by atoms with van der Waals surface area (Å²) in [6.07, 6.45) is -14.1. The van der Waals surface area contributed by atoms with Crippen LogP contribution in [0, 0.1) is 0 Å². The number of carbonyl (C=O) groups excluding carboxylic acids is 4. The second-order valence-electron chi connectivity index (χ2n) is 17.9. The van der Waals surface area contributed by atoms with Crippen molar-refractivity contribution < 1.29 is 71.3 Å². The summed E-state index contributed by atoms with van der Waals surface area (Å²) in [7, 11) is 0. The van der Waals surface area contributed by atoms with Crippen LogP contribution in [-0.2, 0) is 58.7 Å². The van der Waals surface area contributed by atoms with Crippen molar-refractivity contribution in [3.8, 4) is 0 Å². The third kappa shape index (κ3) is 12.2. The molecule has 15 nitrogen and oxygen atoms in total. The van der Waals surface area contributed by atoms with Crippen LogP contribution in [-0.4, -0.2) is 105 Å². The van der Waals surface area contributed by atoms with E-state index >= 15 is 0 Å². The van der Waals surface area contributed by atoms with Crippen LogP contribution in [0.25, 0.3) is 10.8 Å². The largest absolute Gasteiger partial charge is 0.459 e. The Kier molecular flexibility index (Phi) is 16.4. The predicted molar refractivity (Wildman–Crippen MR) is 270 cm³/mol. The highest BCUT2D eigenvalue weighted by Gasteiger charge is 2.58. The van der Waals surface area contributed by atoms with Gasteiger partial charge in [-0.3, -0.25) is 0 Å². The molecule has 0 N–H and O–H groups in total. The minimum Gasteiger partial charge on any atom is -0.459 e. The molecule has 3 heterocycles. The van der Waals surface area contributed by atoms with Crippen molar-refractivity contribution >= 4 is 34.6 Å². The molecule has 7 aromatic carbocycles. The quantitative estimate of drug-likeness (QED) is 0.0624. The van der Waals surface area contributed by atoms with E-state index in [4.69, 9.17) is 52.1 Å². The van der Waals surface area contributed by atoms with E-state index in [1.165, 1.54) is 0 Å². The number of carbonyl (C=O) groups is 4. The van der Waals surface area contributed by atoms with E-state index in [9.17, 15) is 19.2 Å². The van der Waals surface area contributed by atoms with Gasteiger partial charge in [-0.25, -0.2) is 19.2 Å². The van der Waals surface area contributed by atoms with Gasteiger partial charge in [0.2, 0.25) is 0 Å². The molecule has 1 unspecified atom stereocenters. The van der Waals surface area contributed by atoms with Crippen LogP contribution in [0.15, 0.2) is 194 Å². The number of hydrogen-bond donors (Lipinski definition) is 0. The molecule has 0 aromatic heterocycles. The number of hydrogen-bond acceptors (Lipinski definition) is 15. The Hall–Kier alpha value is -7.60. The summed E-state index contributed by atoms with van der Waals surface area (Å²) >= 11 is 0. The highest BCUT2D eigenvalue weighted by Crippen LogP contribution is 2.40. The molecule has 0 saturated carbocycles. The Balaban J connectivity index is 1.07. The standard InChI is InChI=1S/C60H54O15/c1-2-65-59-52(50(66-35-38-32-33-39-20-18-19-31-45(39)34-38)48-47(69-59)37-68-58(74-48)44-29-16-7-17-30-44)75-60-53(73-57(64)43-27-14-6-15-28-43)51(72-56(63)42-25-12-5-13-26-42)49(71-55(62)41-23-10-4-11-24-41)46(70-60)36-67-54(61)40-21-8-3-9-22-40/h3-34,46-53,58-60H,2,35-37H2,1H3/t46-,47-,48-,49-,50+,51+,52+,53-,58?,59+,60+/m1/s1. The topological polar surface area (TPSA) is 170 Å². The first-order valence-corrected chi connectivity index (χ1v) is 24.8. The number of rotatable bonds is 17. The summed E-state index contributed by atoms with van der Waals surface area (Å²) in [5, 5.41) is 2.06. The third-order valence-electron chi connectivity index (χ3n) is 13.0. The second-order valence-corrected chi connectivity index (χ2v) is 17.9. The molecule has 3 saturated heterocycles. The molecule has 384 valence electrons. The zero-order chi connectivity index (χ0) is 51.5. The molecule has 0 amide bonds. The van der Waals surface area contributed by atoms with Crippen LogP contribution in [0.5, 0.6) is 0 Å². The molecule has 11 atom stereocenters. The van der Waals surface area contributed by atoms with E-state index in [0.717, 1.165) is 21.9 Å². The smallest absolute Gasteiger partial charge is 0.338 e. The van der Waals surface area contributed by atoms with Gasteiger partial charge in [0, 0.05) is 12.2 Å². The minimum atomic E-state index is -1.72. The van der Waals surface area contributed by atoms with E-state index in [1.54, 1.807) is 128 Å². The Morgan fingerprint density at radius 3 is 1.59 bits per heavy atom. The lowest BCUT2D eigenvalue weighted by molar-refractivity contribution is -0.396. The fraction of sp³-hybridized carbons (Fsp3) is 0.267. The van der Waals surface area contributed by atoms with E-state index in [-0.39, 0.29) is 42.1 Å². The maximum Gasteiger partial charge on any atom is 0.338 e. The fourth-order valence-corrected chi connectivity index (χ4v) is 9.27. The third-order valence-corrected chi connectivity index (χ3v) is 13.0. The van der Waals surface area contributed by atoms with Crippen LogP contribution in [0.4, 0.5) is 0 Å². The van der Waals surface area contributed by atoms with Gasteiger partial charge < -0.3 is 52.1 Å². The van der Waals surface area contributed by atoms with Gasteiger partial charge >= 0.3 is 23.9 Å². The van der Waals surface area contributed by atoms with Crippen molar-refractivity contribution in [1.82, 2.24) is 0 Å². The van der Waals surface area contributed by atoms with Gasteiger partial charge in [0.05, 0.1) is 35.5 Å². The molecular formula is C60H54O15. The molecule has 0 aliphatic carbocycles. The molecule has 3 aliphatic rings. The predicted octanol–water partition coefficient (Wildman–Crippen LogP) is 9.24. The SMILES string of the molecule is CCO[C@H]1O[C@@H]2COC(c3ccccc3)O[C@H]2[C@H](OCc2ccc3ccccc3c2)[C@@H]1O[C@@H]1O[C@H](COC(=O)c2ccccc2)[C@@H](OC(=O)c2ccccc2)[C@H](OC(=O)c2ccccc2)[C@H]1OC(=O)c1ccccc1. The second kappa shape index (κ2) is 24.2. The number of esters is 4. The minimum absolute atomic E-state index is 0.0719. The van der Waals surface area contributed by atoms with E-state index < -0.39 is 98.2 Å². The van der Waals surface area contributed by atoms with Gasteiger partial charge in [0.1, 0.15) is 37.1 Å². The van der Waals surface area contributed by atoms with Gasteiger partial charge in [-0.05, 0) is 77.9 Å². The average Bonchev–Trinajstić information content (AvgIpc) is 3.46. The first kappa shape index (κ1) is 50.9. The van der Waals surface area contributed by atoms with E-state index in [0.29, 0.717) is 0 Å². The lowest BCUT2D eigenvalue weighted by atomic mass is 9.95. The van der Waals surface area contributed by atoms with Crippen molar-refractivity contribution in [2.24, 2.45) is 0 Å². The average molecular weight is 1020 g/mol. The van der Waals surface area contributed by atoms with Crippen LogP contribution in [0.2, 0.25) is 0 Å². The lowest BCUT2D eigenvalue weighted by Gasteiger charge is -2.51. The first-order chi connectivity index (χ1) is 36.8. The van der Waals surface area contributed by atoms with Gasteiger partial charge in [0.25, 0.3) is 0 Å². The Labute approximate surface area is 433 Å². The molecule has 7 aromatic rings. The monoisotopic (exact) mass is 1010 g/mol. The summed E-state index contributed by atoms with van der Waals surface area (Å²) in [6.45, 7) is 1.54. The van der Waals surface area contributed by atoms with Gasteiger partial charge in [-0.2, -0.15) is 0 Å². The molecule has 0 bridgehead atoms. The molecule has 0 spiro atoms. The molecule has 0 radical (unpaired) electrons. The fourth-order valence-electron chi connectivity index (χ4n) is 9.27. The van der Waals surface area contributed by atoms with Crippen molar-refractivity contribution in [2.75, 3.05) is 19.8 Å². The molecule has 15 heteroatoms. The van der Waals surface area contributed by atoms with Crippen molar-refractivity contribution in [1.29, 1.82) is 0 Å². The summed E-state index contributed by atoms with van der Waals surface area (Å²) in [5.74, 6) is -3.29. The number of benzene rings is 7. The van der Waals surface area contributed by atoms with Gasteiger partial charge in [0.15, 0.2) is 37.2 Å². The number of fused-ring (bicyclic) bond motifs is 2. The summed E-state index contributed by atoms with van der Waals surface area (Å²) < 4.78 is 71.9. The number of ether oxygens (including phenoxy) is 11. The highest BCUT2D eigenvalue weighted by molar-refractivity contribution is 5.92. The maximum atomic E-state index is 14.4. The molecule has 10 rings (SSSR count). The molecule has 3 fully saturated rings. The molecule has 75 heavy (non-hydrogen) atoms. The first-order valence-electron chi connectivity index (χ1n) is 24.8. The Morgan fingerprint density at radius 2 is 1.00 bits per heavy atom. The van der Waals surface area contributed by atoms with Crippen LogP contribution >= 0.6 is 0 Å². The van der Waals surface area contributed by atoms with E-state index in [1.807, 2.05) is 72.8 Å². The van der Waals surface area contributed by atoms with Crippen LogP contribution < -0.4 is 0 Å². The molecular weight excluding hydrogens is 961 g/mol. The summed E-state index contributed by atoms with van der Waals surface area (Å²) in [6, 6.07) is 56.1. The van der Waals surface area contributed by atoms with Gasteiger partial charge in [-0.1, -0.05) is 140 Å². The van der Waals surface area contributed by atoms with Crippen LogP contribution in [0.3, 0.4) is 0 Å².